The van der Waals surface area contributed by atoms with Crippen molar-refractivity contribution in [3.8, 4) is 11.5 Å². The molecule has 1 aliphatic rings. The van der Waals surface area contributed by atoms with Crippen LogP contribution in [0, 0.1) is 5.92 Å². The van der Waals surface area contributed by atoms with Crippen LogP contribution in [0.3, 0.4) is 0 Å². The monoisotopic (exact) mass is 265 g/mol. The highest BCUT2D eigenvalue weighted by molar-refractivity contribution is 5.95. The molecule has 104 valence electrons. The number of carbonyl (C=O) groups is 1. The summed E-state index contributed by atoms with van der Waals surface area (Å²) in [4.78, 5) is 13.9. The van der Waals surface area contributed by atoms with E-state index < -0.39 is 0 Å². The SMILES string of the molecule is CCOc1ccc(C(=O)N2CC(CO)C2)cc1OC. The molecule has 1 saturated heterocycles. The molecule has 2 rings (SSSR count). The first kappa shape index (κ1) is 13.7. The number of hydrogen-bond acceptors (Lipinski definition) is 4. The molecule has 0 bridgehead atoms. The fraction of sp³-hybridized carbons (Fsp3) is 0.500. The van der Waals surface area contributed by atoms with Crippen LogP contribution in [0.15, 0.2) is 18.2 Å². The highest BCUT2D eigenvalue weighted by Gasteiger charge is 2.30. The summed E-state index contributed by atoms with van der Waals surface area (Å²) in [5.41, 5.74) is 0.580. The number of rotatable bonds is 5. The standard InChI is InChI=1S/C14H19NO4/c1-3-19-12-5-4-11(6-13(12)18-2)14(17)15-7-10(8-15)9-16/h4-6,10,16H,3,7-9H2,1-2H3. The van der Waals surface area contributed by atoms with Gasteiger partial charge in [0.15, 0.2) is 11.5 Å². The summed E-state index contributed by atoms with van der Waals surface area (Å²) in [5, 5.41) is 8.96. The van der Waals surface area contributed by atoms with Gasteiger partial charge in [0.25, 0.3) is 5.91 Å². The Morgan fingerprint density at radius 2 is 2.16 bits per heavy atom. The Balaban J connectivity index is 2.10. The van der Waals surface area contributed by atoms with Crippen LogP contribution < -0.4 is 9.47 Å². The molecule has 1 aromatic rings. The topological polar surface area (TPSA) is 59.0 Å². The molecule has 5 heteroatoms. The molecule has 1 aromatic carbocycles. The zero-order valence-corrected chi connectivity index (χ0v) is 11.3. The summed E-state index contributed by atoms with van der Waals surface area (Å²) in [7, 11) is 1.55. The van der Waals surface area contributed by atoms with Gasteiger partial charge < -0.3 is 19.5 Å². The number of aliphatic hydroxyl groups is 1. The van der Waals surface area contributed by atoms with Gasteiger partial charge in [-0.05, 0) is 25.1 Å². The second-order valence-corrected chi connectivity index (χ2v) is 4.56. The fourth-order valence-corrected chi connectivity index (χ4v) is 2.11. The van der Waals surface area contributed by atoms with Gasteiger partial charge in [-0.25, -0.2) is 0 Å². The molecule has 0 spiro atoms. The van der Waals surface area contributed by atoms with E-state index in [1.165, 1.54) is 0 Å². The van der Waals surface area contributed by atoms with Crippen LogP contribution in [0.25, 0.3) is 0 Å². The average Bonchev–Trinajstić information content (AvgIpc) is 2.38. The molecular weight excluding hydrogens is 246 g/mol. The third kappa shape index (κ3) is 2.81. The lowest BCUT2D eigenvalue weighted by Crippen LogP contribution is -2.51. The van der Waals surface area contributed by atoms with Crippen molar-refractivity contribution in [3.05, 3.63) is 23.8 Å². The second-order valence-electron chi connectivity index (χ2n) is 4.56. The number of ether oxygens (including phenoxy) is 2. The molecule has 5 nitrogen and oxygen atoms in total. The van der Waals surface area contributed by atoms with Crippen LogP contribution in [0.1, 0.15) is 17.3 Å². The number of nitrogens with zero attached hydrogens (tertiary/aromatic N) is 1. The zero-order chi connectivity index (χ0) is 13.8. The minimum absolute atomic E-state index is 0.0361. The van der Waals surface area contributed by atoms with Crippen molar-refractivity contribution < 1.29 is 19.4 Å². The first-order valence-corrected chi connectivity index (χ1v) is 6.40. The van der Waals surface area contributed by atoms with Crippen molar-refractivity contribution in [1.29, 1.82) is 0 Å². The van der Waals surface area contributed by atoms with Crippen molar-refractivity contribution >= 4 is 5.91 Å². The van der Waals surface area contributed by atoms with Crippen LogP contribution in [0.2, 0.25) is 0 Å². The van der Waals surface area contributed by atoms with Crippen LogP contribution >= 0.6 is 0 Å². The molecule has 1 fully saturated rings. The van der Waals surface area contributed by atoms with Crippen molar-refractivity contribution in [2.45, 2.75) is 6.92 Å². The number of amides is 1. The molecule has 0 atom stereocenters. The second kappa shape index (κ2) is 5.93. The van der Waals surface area contributed by atoms with Crippen molar-refractivity contribution in [2.24, 2.45) is 5.92 Å². The number of aliphatic hydroxyl groups excluding tert-OH is 1. The lowest BCUT2D eigenvalue weighted by molar-refractivity contribution is 0.0361. The number of benzene rings is 1. The third-order valence-corrected chi connectivity index (χ3v) is 3.21. The van der Waals surface area contributed by atoms with Gasteiger partial charge in [0.05, 0.1) is 13.7 Å². The highest BCUT2D eigenvalue weighted by atomic mass is 16.5. The molecule has 0 saturated carbocycles. The van der Waals surface area contributed by atoms with Gasteiger partial charge >= 0.3 is 0 Å². The molecule has 0 aromatic heterocycles. The maximum absolute atomic E-state index is 12.2. The molecule has 1 amide bonds. The number of carbonyl (C=O) groups excluding carboxylic acids is 1. The summed E-state index contributed by atoms with van der Waals surface area (Å²) < 4.78 is 10.6. The maximum atomic E-state index is 12.2. The van der Waals surface area contributed by atoms with Gasteiger partial charge in [-0.1, -0.05) is 0 Å². The van der Waals surface area contributed by atoms with E-state index in [2.05, 4.69) is 0 Å². The van der Waals surface area contributed by atoms with Crippen LogP contribution in [0.5, 0.6) is 11.5 Å². The summed E-state index contributed by atoms with van der Waals surface area (Å²) >= 11 is 0. The lowest BCUT2D eigenvalue weighted by Gasteiger charge is -2.38. The Hall–Kier alpha value is -1.75. The number of methoxy groups -OCH3 is 1. The van der Waals surface area contributed by atoms with E-state index in [1.54, 1.807) is 30.2 Å². The highest BCUT2D eigenvalue weighted by Crippen LogP contribution is 2.29. The molecule has 0 aliphatic carbocycles. The Kier molecular flexibility index (Phi) is 4.27. The molecule has 0 unspecified atom stereocenters. The van der Waals surface area contributed by atoms with Gasteiger partial charge in [0.2, 0.25) is 0 Å². The van der Waals surface area contributed by atoms with E-state index in [0.29, 0.717) is 36.8 Å². The van der Waals surface area contributed by atoms with E-state index in [9.17, 15) is 4.79 Å². The average molecular weight is 265 g/mol. The van der Waals surface area contributed by atoms with Gasteiger partial charge in [0, 0.05) is 31.2 Å². The summed E-state index contributed by atoms with van der Waals surface area (Å²) in [6.07, 6.45) is 0. The molecule has 0 radical (unpaired) electrons. The van der Waals surface area contributed by atoms with Crippen molar-refractivity contribution in [2.75, 3.05) is 33.4 Å². The number of likely N-dealkylation sites (tertiary alicyclic amines) is 1. The first-order valence-electron chi connectivity index (χ1n) is 6.40. The molecule has 19 heavy (non-hydrogen) atoms. The normalized spacial score (nSPS) is 15.0. The summed E-state index contributed by atoms with van der Waals surface area (Å²) in [5.74, 6) is 1.38. The Bertz CT molecular complexity index is 455. The number of hydrogen-bond donors (Lipinski definition) is 1. The van der Waals surface area contributed by atoms with E-state index in [-0.39, 0.29) is 18.4 Å². The zero-order valence-electron chi connectivity index (χ0n) is 11.3. The fourth-order valence-electron chi connectivity index (χ4n) is 2.11. The Morgan fingerprint density at radius 1 is 1.42 bits per heavy atom. The predicted molar refractivity (Wildman–Crippen MR) is 70.6 cm³/mol. The van der Waals surface area contributed by atoms with Gasteiger partial charge in [-0.3, -0.25) is 4.79 Å². The largest absolute Gasteiger partial charge is 0.493 e. The minimum atomic E-state index is -0.0361. The maximum Gasteiger partial charge on any atom is 0.254 e. The summed E-state index contributed by atoms with van der Waals surface area (Å²) in [6.45, 7) is 3.81. The van der Waals surface area contributed by atoms with E-state index in [1.807, 2.05) is 6.92 Å². The Labute approximate surface area is 112 Å². The van der Waals surface area contributed by atoms with E-state index in [0.717, 1.165) is 0 Å². The van der Waals surface area contributed by atoms with E-state index >= 15 is 0 Å². The molecule has 1 aliphatic heterocycles. The Morgan fingerprint density at radius 3 is 2.74 bits per heavy atom. The molecule has 1 heterocycles. The quantitative estimate of drug-likeness (QED) is 0.868. The van der Waals surface area contributed by atoms with E-state index in [4.69, 9.17) is 14.6 Å². The van der Waals surface area contributed by atoms with Crippen LogP contribution in [-0.2, 0) is 0 Å². The predicted octanol–water partition coefficient (Wildman–Crippen LogP) is 1.16. The molecule has 1 N–H and O–H groups in total. The minimum Gasteiger partial charge on any atom is -0.493 e. The van der Waals surface area contributed by atoms with Gasteiger partial charge in [-0.15, -0.1) is 0 Å². The lowest BCUT2D eigenvalue weighted by atomic mass is 10.00. The smallest absolute Gasteiger partial charge is 0.254 e. The summed E-state index contributed by atoms with van der Waals surface area (Å²) in [6, 6.07) is 5.18. The van der Waals surface area contributed by atoms with Crippen molar-refractivity contribution in [3.63, 3.8) is 0 Å². The van der Waals surface area contributed by atoms with Gasteiger partial charge in [0.1, 0.15) is 0 Å². The van der Waals surface area contributed by atoms with Crippen LogP contribution in [-0.4, -0.2) is 49.3 Å². The first-order chi connectivity index (χ1) is 9.19. The van der Waals surface area contributed by atoms with Gasteiger partial charge in [-0.2, -0.15) is 0 Å². The van der Waals surface area contributed by atoms with Crippen LogP contribution in [0.4, 0.5) is 0 Å². The van der Waals surface area contributed by atoms with Crippen molar-refractivity contribution in [1.82, 2.24) is 4.90 Å². The third-order valence-electron chi connectivity index (χ3n) is 3.21. The molecular formula is C14H19NO4.